The Bertz CT molecular complexity index is 623. The van der Waals surface area contributed by atoms with Gasteiger partial charge in [0.15, 0.2) is 5.75 Å². The minimum absolute atomic E-state index is 0.449. The van der Waals surface area contributed by atoms with Crippen LogP contribution in [0.5, 0.6) is 11.6 Å². The fourth-order valence-corrected chi connectivity index (χ4v) is 1.88. The van der Waals surface area contributed by atoms with Crippen molar-refractivity contribution in [3.05, 3.63) is 24.5 Å². The van der Waals surface area contributed by atoms with Gasteiger partial charge in [-0.3, -0.25) is 0 Å². The third kappa shape index (κ3) is 4.96. The molecule has 2 aromatic rings. The van der Waals surface area contributed by atoms with Crippen LogP contribution in [0.4, 0.5) is 17.5 Å². The van der Waals surface area contributed by atoms with Crippen molar-refractivity contribution in [2.24, 2.45) is 0 Å². The van der Waals surface area contributed by atoms with E-state index in [4.69, 9.17) is 9.47 Å². The summed E-state index contributed by atoms with van der Waals surface area (Å²) >= 11 is 0. The van der Waals surface area contributed by atoms with Crippen LogP contribution in [0.1, 0.15) is 6.42 Å². The summed E-state index contributed by atoms with van der Waals surface area (Å²) in [6, 6.07) is 3.61. The molecule has 0 bridgehead atoms. The second kappa shape index (κ2) is 8.74. The predicted octanol–water partition coefficient (Wildman–Crippen LogP) is 1.65. The molecule has 0 aromatic carbocycles. The maximum absolute atomic E-state index is 5.73. The molecule has 2 aromatic heterocycles. The molecule has 0 radical (unpaired) electrons. The molecular weight excluding hydrogens is 296 g/mol. The molecule has 8 heteroatoms. The number of aromatic nitrogens is 3. The van der Waals surface area contributed by atoms with Crippen molar-refractivity contribution in [3.63, 3.8) is 0 Å². The molecule has 0 aliphatic carbocycles. The third-order valence-corrected chi connectivity index (χ3v) is 3.01. The molecule has 2 heterocycles. The molecule has 0 aliphatic rings. The van der Waals surface area contributed by atoms with E-state index in [9.17, 15) is 0 Å². The van der Waals surface area contributed by atoms with Crippen molar-refractivity contribution < 1.29 is 9.47 Å². The van der Waals surface area contributed by atoms with Crippen LogP contribution in [-0.2, 0) is 0 Å². The number of hydrogen-bond donors (Lipinski definition) is 3. The molecule has 0 spiro atoms. The summed E-state index contributed by atoms with van der Waals surface area (Å²) < 4.78 is 11.0. The quantitative estimate of drug-likeness (QED) is 0.601. The van der Waals surface area contributed by atoms with Gasteiger partial charge in [0.1, 0.15) is 5.82 Å². The minimum Gasteiger partial charge on any atom is -0.488 e. The maximum atomic E-state index is 5.73. The number of anilines is 3. The summed E-state index contributed by atoms with van der Waals surface area (Å²) in [6.07, 6.45) is 4.21. The van der Waals surface area contributed by atoms with Gasteiger partial charge in [0.2, 0.25) is 5.95 Å². The van der Waals surface area contributed by atoms with Crippen LogP contribution in [-0.4, -0.2) is 49.3 Å². The van der Waals surface area contributed by atoms with E-state index in [0.29, 0.717) is 24.2 Å². The summed E-state index contributed by atoms with van der Waals surface area (Å²) in [5.74, 6) is 2.24. The van der Waals surface area contributed by atoms with Gasteiger partial charge in [-0.2, -0.15) is 4.98 Å². The Kier molecular flexibility index (Phi) is 6.37. The van der Waals surface area contributed by atoms with Crippen molar-refractivity contribution in [1.29, 1.82) is 0 Å². The van der Waals surface area contributed by atoms with E-state index in [1.54, 1.807) is 32.6 Å². The average Bonchev–Trinajstić information content (AvgIpc) is 2.59. The van der Waals surface area contributed by atoms with Crippen LogP contribution in [0.3, 0.4) is 0 Å². The Hall–Kier alpha value is -2.61. The summed E-state index contributed by atoms with van der Waals surface area (Å²) in [5, 5.41) is 9.14. The van der Waals surface area contributed by atoms with E-state index < -0.39 is 0 Å². The molecule has 0 unspecified atom stereocenters. The fraction of sp³-hybridized carbons (Fsp3) is 0.400. The van der Waals surface area contributed by atoms with Gasteiger partial charge in [-0.15, -0.1) is 0 Å². The summed E-state index contributed by atoms with van der Waals surface area (Å²) in [4.78, 5) is 12.7. The number of rotatable bonds is 9. The molecule has 8 nitrogen and oxygen atoms in total. The number of hydrogen-bond acceptors (Lipinski definition) is 8. The highest BCUT2D eigenvalue weighted by Crippen LogP contribution is 2.28. The van der Waals surface area contributed by atoms with Gasteiger partial charge in [-0.05, 0) is 26.1 Å². The third-order valence-electron chi connectivity index (χ3n) is 3.01. The second-order valence-electron chi connectivity index (χ2n) is 4.68. The van der Waals surface area contributed by atoms with Crippen LogP contribution in [0.2, 0.25) is 0 Å². The first-order chi connectivity index (χ1) is 11.3. The topological polar surface area (TPSA) is 93.2 Å². The number of pyridine rings is 1. The number of nitrogens with zero attached hydrogens (tertiary/aromatic N) is 3. The Balaban J connectivity index is 2.09. The first kappa shape index (κ1) is 16.8. The number of ether oxygens (including phenoxy) is 2. The fourth-order valence-electron chi connectivity index (χ4n) is 1.88. The van der Waals surface area contributed by atoms with Crippen molar-refractivity contribution in [2.45, 2.75) is 6.42 Å². The van der Waals surface area contributed by atoms with Crippen LogP contribution in [0.25, 0.3) is 0 Å². The first-order valence-electron chi connectivity index (χ1n) is 7.36. The van der Waals surface area contributed by atoms with Crippen LogP contribution in [0.15, 0.2) is 24.5 Å². The molecule has 0 fully saturated rings. The van der Waals surface area contributed by atoms with Gasteiger partial charge in [-0.25, -0.2) is 9.97 Å². The summed E-state index contributed by atoms with van der Waals surface area (Å²) in [5.41, 5.74) is 0.725. The smallest absolute Gasteiger partial charge is 0.256 e. The molecule has 3 N–H and O–H groups in total. The summed E-state index contributed by atoms with van der Waals surface area (Å²) in [6.45, 7) is 1.46. The van der Waals surface area contributed by atoms with Crippen molar-refractivity contribution >= 4 is 17.5 Å². The lowest BCUT2D eigenvalue weighted by atomic mass is 10.3. The first-order valence-corrected chi connectivity index (χ1v) is 7.36. The number of nitrogens with one attached hydrogen (secondary N) is 3. The van der Waals surface area contributed by atoms with Crippen LogP contribution < -0.4 is 25.4 Å². The lowest BCUT2D eigenvalue weighted by molar-refractivity contribution is 0.283. The molecule has 124 valence electrons. The lowest BCUT2D eigenvalue weighted by Crippen LogP contribution is -2.12. The molecular formula is C15H22N6O2. The molecule has 23 heavy (non-hydrogen) atoms. The molecule has 0 atom stereocenters. The maximum Gasteiger partial charge on any atom is 0.256 e. The highest BCUT2D eigenvalue weighted by molar-refractivity contribution is 5.57. The Morgan fingerprint density at radius 2 is 2.09 bits per heavy atom. The van der Waals surface area contributed by atoms with Crippen LogP contribution >= 0.6 is 0 Å². The largest absolute Gasteiger partial charge is 0.488 e. The SMILES string of the molecule is CNCCCOc1cc(Nc2nccc(NC)n2)cnc1OC. The van der Waals surface area contributed by atoms with E-state index in [0.717, 1.165) is 24.5 Å². The average molecular weight is 318 g/mol. The van der Waals surface area contributed by atoms with Gasteiger partial charge in [-0.1, -0.05) is 0 Å². The Labute approximate surface area is 135 Å². The van der Waals surface area contributed by atoms with E-state index in [2.05, 4.69) is 30.9 Å². The van der Waals surface area contributed by atoms with Crippen molar-refractivity contribution in [3.8, 4) is 11.6 Å². The van der Waals surface area contributed by atoms with Gasteiger partial charge < -0.3 is 25.4 Å². The minimum atomic E-state index is 0.449. The molecule has 0 saturated heterocycles. The summed E-state index contributed by atoms with van der Waals surface area (Å²) in [7, 11) is 5.28. The monoisotopic (exact) mass is 318 g/mol. The Morgan fingerprint density at radius 1 is 1.22 bits per heavy atom. The van der Waals surface area contributed by atoms with E-state index in [1.807, 2.05) is 13.1 Å². The van der Waals surface area contributed by atoms with Gasteiger partial charge in [0, 0.05) is 19.3 Å². The highest BCUT2D eigenvalue weighted by atomic mass is 16.5. The number of methoxy groups -OCH3 is 1. The second-order valence-corrected chi connectivity index (χ2v) is 4.68. The molecule has 2 rings (SSSR count). The van der Waals surface area contributed by atoms with E-state index >= 15 is 0 Å². The zero-order chi connectivity index (χ0) is 16.5. The predicted molar refractivity (Wildman–Crippen MR) is 89.7 cm³/mol. The van der Waals surface area contributed by atoms with Gasteiger partial charge in [0.25, 0.3) is 5.88 Å². The van der Waals surface area contributed by atoms with Crippen LogP contribution in [0, 0.1) is 0 Å². The van der Waals surface area contributed by atoms with Gasteiger partial charge in [0.05, 0.1) is 25.6 Å². The van der Waals surface area contributed by atoms with Gasteiger partial charge >= 0.3 is 0 Å². The van der Waals surface area contributed by atoms with Crippen molar-refractivity contribution in [1.82, 2.24) is 20.3 Å². The zero-order valence-corrected chi connectivity index (χ0v) is 13.6. The highest BCUT2D eigenvalue weighted by Gasteiger charge is 2.09. The normalized spacial score (nSPS) is 10.2. The van der Waals surface area contributed by atoms with Crippen molar-refractivity contribution in [2.75, 3.05) is 45.0 Å². The zero-order valence-electron chi connectivity index (χ0n) is 13.6. The Morgan fingerprint density at radius 3 is 2.83 bits per heavy atom. The van der Waals surface area contributed by atoms with E-state index in [-0.39, 0.29) is 0 Å². The van der Waals surface area contributed by atoms with E-state index in [1.165, 1.54) is 0 Å². The molecule has 0 amide bonds. The molecule has 0 saturated carbocycles. The molecule has 0 aliphatic heterocycles. The lowest BCUT2D eigenvalue weighted by Gasteiger charge is -2.12. The standard InChI is InChI=1S/C15H22N6O2/c1-16-6-4-8-23-12-9-11(10-19-14(12)22-3)20-15-18-7-5-13(17-2)21-15/h5,7,9-10,16H,4,6,8H2,1-3H3,(H2,17,18,20,21).